The molecule has 0 amide bonds. The smallest absolute Gasteiger partial charge is 0.0470 e. The molecule has 2 nitrogen and oxygen atoms in total. The Labute approximate surface area is 129 Å². The van der Waals surface area contributed by atoms with E-state index in [4.69, 9.17) is 0 Å². The Morgan fingerprint density at radius 1 is 1.10 bits per heavy atom. The van der Waals surface area contributed by atoms with Gasteiger partial charge in [0.15, 0.2) is 0 Å². The van der Waals surface area contributed by atoms with Crippen LogP contribution in [-0.4, -0.2) is 11.1 Å². The molecule has 0 radical (unpaired) electrons. The molecule has 1 aromatic heterocycles. The molecule has 0 saturated carbocycles. The lowest BCUT2D eigenvalue weighted by Crippen LogP contribution is -2.26. The lowest BCUT2D eigenvalue weighted by Gasteiger charge is -2.21. The lowest BCUT2D eigenvalue weighted by molar-refractivity contribution is 0.412. The van der Waals surface area contributed by atoms with Gasteiger partial charge >= 0.3 is 0 Å². The van der Waals surface area contributed by atoms with Crippen molar-refractivity contribution in [1.29, 1.82) is 0 Å². The number of hydrogen-bond donors (Lipinski definition) is 1. The first kappa shape index (κ1) is 15.8. The second-order valence-electron chi connectivity index (χ2n) is 6.28. The highest BCUT2D eigenvalue weighted by Crippen LogP contribution is 2.22. The summed E-state index contributed by atoms with van der Waals surface area (Å²) in [6.45, 7) is 10.9. The predicted octanol–water partition coefficient (Wildman–Crippen LogP) is 4.54. The molecule has 0 saturated heterocycles. The zero-order valence-corrected chi connectivity index (χ0v) is 13.8. The fraction of sp³-hybridized carbons (Fsp3) is 0.474. The minimum absolute atomic E-state index is 0.448. The first-order valence-corrected chi connectivity index (χ1v) is 8.04. The van der Waals surface area contributed by atoms with Gasteiger partial charge in [-0.25, -0.2) is 0 Å². The van der Waals surface area contributed by atoms with Gasteiger partial charge in [-0.05, 0) is 43.0 Å². The number of rotatable bonds is 7. The van der Waals surface area contributed by atoms with Crippen LogP contribution in [0, 0.1) is 12.8 Å². The number of benzene rings is 1. The third-order valence-corrected chi connectivity index (χ3v) is 3.90. The molecular weight excluding hydrogens is 256 g/mol. The Kier molecular flexibility index (Phi) is 5.63. The van der Waals surface area contributed by atoms with Gasteiger partial charge in [0, 0.05) is 25.0 Å². The number of aryl methyl sites for hydroxylation is 1. The van der Waals surface area contributed by atoms with Crippen molar-refractivity contribution in [1.82, 2.24) is 9.88 Å². The Bertz CT molecular complexity index is 537. The van der Waals surface area contributed by atoms with Crippen LogP contribution < -0.4 is 5.32 Å². The molecule has 0 fully saturated rings. The molecule has 21 heavy (non-hydrogen) atoms. The minimum atomic E-state index is 0.448. The SMILES string of the molecule is CCCNC(c1ccn(Cc2ccc(C)cc2)c1)C(C)C. The van der Waals surface area contributed by atoms with Crippen LogP contribution in [-0.2, 0) is 6.54 Å². The van der Waals surface area contributed by atoms with Gasteiger partial charge in [-0.2, -0.15) is 0 Å². The molecule has 0 aliphatic heterocycles. The van der Waals surface area contributed by atoms with Crippen LogP contribution in [0.2, 0.25) is 0 Å². The van der Waals surface area contributed by atoms with Gasteiger partial charge in [-0.1, -0.05) is 50.6 Å². The summed E-state index contributed by atoms with van der Waals surface area (Å²) in [5, 5.41) is 3.66. The first-order chi connectivity index (χ1) is 10.1. The summed E-state index contributed by atoms with van der Waals surface area (Å²) >= 11 is 0. The molecule has 1 atom stereocenters. The molecular formula is C19H28N2. The second kappa shape index (κ2) is 7.46. The summed E-state index contributed by atoms with van der Waals surface area (Å²) in [7, 11) is 0. The van der Waals surface area contributed by atoms with E-state index < -0.39 is 0 Å². The largest absolute Gasteiger partial charge is 0.350 e. The molecule has 2 rings (SSSR count). The van der Waals surface area contributed by atoms with E-state index in [1.165, 1.54) is 23.1 Å². The van der Waals surface area contributed by atoms with Crippen LogP contribution in [0.5, 0.6) is 0 Å². The quantitative estimate of drug-likeness (QED) is 0.789. The van der Waals surface area contributed by atoms with Gasteiger partial charge in [0.2, 0.25) is 0 Å². The van der Waals surface area contributed by atoms with Crippen LogP contribution in [0.4, 0.5) is 0 Å². The van der Waals surface area contributed by atoms with E-state index in [9.17, 15) is 0 Å². The molecule has 1 aromatic carbocycles. The van der Waals surface area contributed by atoms with Gasteiger partial charge in [-0.3, -0.25) is 0 Å². The van der Waals surface area contributed by atoms with E-state index >= 15 is 0 Å². The van der Waals surface area contributed by atoms with Crippen molar-refractivity contribution < 1.29 is 0 Å². The highest BCUT2D eigenvalue weighted by Gasteiger charge is 2.15. The number of aromatic nitrogens is 1. The zero-order valence-electron chi connectivity index (χ0n) is 13.8. The number of nitrogens with one attached hydrogen (secondary N) is 1. The minimum Gasteiger partial charge on any atom is -0.350 e. The van der Waals surface area contributed by atoms with E-state index in [2.05, 4.69) is 80.3 Å². The predicted molar refractivity (Wildman–Crippen MR) is 90.6 cm³/mol. The van der Waals surface area contributed by atoms with E-state index in [0.29, 0.717) is 12.0 Å². The Morgan fingerprint density at radius 3 is 2.43 bits per heavy atom. The van der Waals surface area contributed by atoms with Crippen molar-refractivity contribution in [2.75, 3.05) is 6.54 Å². The normalized spacial score (nSPS) is 12.8. The van der Waals surface area contributed by atoms with Crippen molar-refractivity contribution in [2.45, 2.75) is 46.7 Å². The monoisotopic (exact) mass is 284 g/mol. The molecule has 0 spiro atoms. The van der Waals surface area contributed by atoms with Gasteiger partial charge in [-0.15, -0.1) is 0 Å². The van der Waals surface area contributed by atoms with Crippen molar-refractivity contribution in [2.24, 2.45) is 5.92 Å². The molecule has 0 aliphatic carbocycles. The molecule has 1 heterocycles. The molecule has 0 bridgehead atoms. The maximum absolute atomic E-state index is 3.66. The van der Waals surface area contributed by atoms with E-state index in [1.54, 1.807) is 0 Å². The van der Waals surface area contributed by atoms with Crippen LogP contribution in [0.25, 0.3) is 0 Å². The van der Waals surface area contributed by atoms with Gasteiger partial charge in [0.25, 0.3) is 0 Å². The highest BCUT2D eigenvalue weighted by atomic mass is 15.0. The standard InChI is InChI=1S/C19H28N2/c1-5-11-20-19(15(2)3)18-10-12-21(14-18)13-17-8-6-16(4)7-9-17/h6-10,12,14-15,19-20H,5,11,13H2,1-4H3. The Balaban J connectivity index is 2.07. The Hall–Kier alpha value is -1.54. The van der Waals surface area contributed by atoms with Crippen LogP contribution >= 0.6 is 0 Å². The molecule has 0 aliphatic rings. The third-order valence-electron chi connectivity index (χ3n) is 3.90. The highest BCUT2D eigenvalue weighted by molar-refractivity contribution is 5.23. The second-order valence-corrected chi connectivity index (χ2v) is 6.28. The summed E-state index contributed by atoms with van der Waals surface area (Å²) in [6.07, 6.45) is 5.65. The fourth-order valence-electron chi connectivity index (χ4n) is 2.68. The van der Waals surface area contributed by atoms with Crippen molar-refractivity contribution in [3.05, 3.63) is 59.4 Å². The summed E-state index contributed by atoms with van der Waals surface area (Å²) in [6, 6.07) is 11.5. The molecule has 114 valence electrons. The van der Waals surface area contributed by atoms with Gasteiger partial charge in [0.1, 0.15) is 0 Å². The van der Waals surface area contributed by atoms with Crippen LogP contribution in [0.1, 0.15) is 49.9 Å². The fourth-order valence-corrected chi connectivity index (χ4v) is 2.68. The maximum Gasteiger partial charge on any atom is 0.0470 e. The first-order valence-electron chi connectivity index (χ1n) is 8.04. The van der Waals surface area contributed by atoms with Crippen molar-refractivity contribution in [3.8, 4) is 0 Å². The van der Waals surface area contributed by atoms with E-state index in [0.717, 1.165) is 13.1 Å². The average molecular weight is 284 g/mol. The lowest BCUT2D eigenvalue weighted by atomic mass is 9.98. The van der Waals surface area contributed by atoms with Gasteiger partial charge < -0.3 is 9.88 Å². The van der Waals surface area contributed by atoms with Crippen LogP contribution in [0.15, 0.2) is 42.7 Å². The molecule has 1 N–H and O–H groups in total. The molecule has 2 heteroatoms. The molecule has 2 aromatic rings. The third kappa shape index (κ3) is 4.47. The molecule has 1 unspecified atom stereocenters. The van der Waals surface area contributed by atoms with Gasteiger partial charge in [0.05, 0.1) is 0 Å². The maximum atomic E-state index is 3.66. The summed E-state index contributed by atoms with van der Waals surface area (Å²) in [4.78, 5) is 0. The van der Waals surface area contributed by atoms with Crippen molar-refractivity contribution >= 4 is 0 Å². The van der Waals surface area contributed by atoms with Crippen molar-refractivity contribution in [3.63, 3.8) is 0 Å². The van der Waals surface area contributed by atoms with Crippen LogP contribution in [0.3, 0.4) is 0 Å². The number of hydrogen-bond acceptors (Lipinski definition) is 1. The van der Waals surface area contributed by atoms with E-state index in [-0.39, 0.29) is 0 Å². The number of nitrogens with zero attached hydrogens (tertiary/aromatic N) is 1. The topological polar surface area (TPSA) is 17.0 Å². The Morgan fingerprint density at radius 2 is 1.81 bits per heavy atom. The van der Waals surface area contributed by atoms with E-state index in [1.807, 2.05) is 0 Å². The zero-order chi connectivity index (χ0) is 15.2. The summed E-state index contributed by atoms with van der Waals surface area (Å²) in [5.41, 5.74) is 4.06. The average Bonchev–Trinajstić information content (AvgIpc) is 2.90. The summed E-state index contributed by atoms with van der Waals surface area (Å²) < 4.78 is 2.28. The summed E-state index contributed by atoms with van der Waals surface area (Å²) in [5.74, 6) is 0.603.